The summed E-state index contributed by atoms with van der Waals surface area (Å²) >= 11 is 0. The number of hydrogen-bond acceptors (Lipinski definition) is 4. The average Bonchev–Trinajstić information content (AvgIpc) is 2.41. The quantitative estimate of drug-likeness (QED) is 0.626. The highest BCUT2D eigenvalue weighted by molar-refractivity contribution is 5.76. The van der Waals surface area contributed by atoms with Crippen molar-refractivity contribution in [2.75, 3.05) is 13.1 Å². The van der Waals surface area contributed by atoms with Crippen molar-refractivity contribution in [3.8, 4) is 0 Å². The van der Waals surface area contributed by atoms with Crippen LogP contribution in [-0.4, -0.2) is 47.0 Å². The number of rotatable bonds is 4. The normalized spacial score (nSPS) is 25.2. The van der Waals surface area contributed by atoms with Crippen LogP contribution in [-0.2, 0) is 14.3 Å². The fraction of sp³-hybridized carbons (Fsp3) is 0.833. The molecule has 2 atom stereocenters. The summed E-state index contributed by atoms with van der Waals surface area (Å²) in [5, 5.41) is 9.34. The molecule has 0 saturated carbocycles. The molecule has 6 heteroatoms. The SMILES string of the molecule is CC(C)(C)OC(=O)C1CN(C(=O)O)CCC1(CCC=O)C(C)(C)C. The number of amides is 1. The molecule has 0 aromatic carbocycles. The van der Waals surface area contributed by atoms with E-state index in [1.807, 2.05) is 20.8 Å². The van der Waals surface area contributed by atoms with Crippen LogP contribution in [0.1, 0.15) is 60.8 Å². The summed E-state index contributed by atoms with van der Waals surface area (Å²) in [6.07, 6.45) is 1.28. The second-order valence-corrected chi connectivity index (χ2v) is 8.68. The van der Waals surface area contributed by atoms with Crippen LogP contribution in [0.5, 0.6) is 0 Å². The molecular weight excluding hydrogens is 310 g/mol. The molecular formula is C18H31NO5. The predicted octanol–water partition coefficient (Wildman–Crippen LogP) is 3.34. The predicted molar refractivity (Wildman–Crippen MR) is 90.7 cm³/mol. The minimum Gasteiger partial charge on any atom is -0.465 e. The van der Waals surface area contributed by atoms with Crippen LogP contribution < -0.4 is 0 Å². The van der Waals surface area contributed by atoms with Gasteiger partial charge in [-0.2, -0.15) is 0 Å². The number of nitrogens with zero attached hydrogens (tertiary/aromatic N) is 1. The van der Waals surface area contributed by atoms with Gasteiger partial charge in [0.15, 0.2) is 0 Å². The van der Waals surface area contributed by atoms with Gasteiger partial charge in [0.05, 0.1) is 5.92 Å². The third kappa shape index (κ3) is 4.48. The Labute approximate surface area is 144 Å². The van der Waals surface area contributed by atoms with Crippen molar-refractivity contribution in [2.24, 2.45) is 16.7 Å². The van der Waals surface area contributed by atoms with Gasteiger partial charge < -0.3 is 19.5 Å². The lowest BCUT2D eigenvalue weighted by atomic mass is 9.54. The number of esters is 1. The molecule has 138 valence electrons. The van der Waals surface area contributed by atoms with E-state index >= 15 is 0 Å². The van der Waals surface area contributed by atoms with E-state index in [2.05, 4.69) is 0 Å². The molecule has 0 bridgehead atoms. The number of hydrogen-bond donors (Lipinski definition) is 1. The fourth-order valence-electron chi connectivity index (χ4n) is 3.73. The lowest BCUT2D eigenvalue weighted by Gasteiger charge is -2.53. The Morgan fingerprint density at radius 1 is 1.25 bits per heavy atom. The van der Waals surface area contributed by atoms with E-state index in [9.17, 15) is 19.5 Å². The smallest absolute Gasteiger partial charge is 0.407 e. The molecule has 0 aliphatic carbocycles. The maximum Gasteiger partial charge on any atom is 0.407 e. The second-order valence-electron chi connectivity index (χ2n) is 8.68. The molecule has 0 spiro atoms. The van der Waals surface area contributed by atoms with E-state index in [1.165, 1.54) is 4.90 Å². The molecule has 1 amide bonds. The maximum absolute atomic E-state index is 12.9. The van der Waals surface area contributed by atoms with E-state index in [1.54, 1.807) is 20.8 Å². The highest BCUT2D eigenvalue weighted by Gasteiger charge is 2.54. The number of aldehydes is 1. The molecule has 1 heterocycles. The monoisotopic (exact) mass is 341 g/mol. The lowest BCUT2D eigenvalue weighted by Crippen LogP contribution is -2.57. The summed E-state index contributed by atoms with van der Waals surface area (Å²) in [5.74, 6) is -0.962. The van der Waals surface area contributed by atoms with Gasteiger partial charge in [-0.15, -0.1) is 0 Å². The van der Waals surface area contributed by atoms with Crippen molar-refractivity contribution in [2.45, 2.75) is 66.4 Å². The van der Waals surface area contributed by atoms with Crippen LogP contribution in [0.15, 0.2) is 0 Å². The Morgan fingerprint density at radius 2 is 1.83 bits per heavy atom. The lowest BCUT2D eigenvalue weighted by molar-refractivity contribution is -0.175. The molecule has 0 aromatic rings. The van der Waals surface area contributed by atoms with Gasteiger partial charge in [0, 0.05) is 19.5 Å². The van der Waals surface area contributed by atoms with Gasteiger partial charge in [0.2, 0.25) is 0 Å². The van der Waals surface area contributed by atoms with Gasteiger partial charge >= 0.3 is 12.1 Å². The second kappa shape index (κ2) is 7.11. The van der Waals surface area contributed by atoms with Crippen LogP contribution in [0, 0.1) is 16.7 Å². The van der Waals surface area contributed by atoms with E-state index in [0.29, 0.717) is 25.8 Å². The first-order valence-corrected chi connectivity index (χ1v) is 8.48. The highest BCUT2D eigenvalue weighted by Crippen LogP contribution is 2.53. The van der Waals surface area contributed by atoms with E-state index in [0.717, 1.165) is 6.29 Å². The number of ether oxygens (including phenoxy) is 1. The zero-order chi connectivity index (χ0) is 18.8. The first kappa shape index (κ1) is 20.5. The molecule has 24 heavy (non-hydrogen) atoms. The van der Waals surface area contributed by atoms with Crippen LogP contribution in [0.25, 0.3) is 0 Å². The molecule has 0 aromatic heterocycles. The zero-order valence-electron chi connectivity index (χ0n) is 15.7. The molecule has 1 fully saturated rings. The molecule has 2 unspecified atom stereocenters. The Kier molecular flexibility index (Phi) is 6.06. The van der Waals surface area contributed by atoms with Crippen LogP contribution in [0.2, 0.25) is 0 Å². The largest absolute Gasteiger partial charge is 0.465 e. The van der Waals surface area contributed by atoms with Crippen molar-refractivity contribution in [1.29, 1.82) is 0 Å². The third-order valence-electron chi connectivity index (χ3n) is 5.06. The van der Waals surface area contributed by atoms with Crippen molar-refractivity contribution in [3.63, 3.8) is 0 Å². The van der Waals surface area contributed by atoms with Gasteiger partial charge in [-0.1, -0.05) is 20.8 Å². The Bertz CT molecular complexity index is 489. The molecule has 6 nitrogen and oxygen atoms in total. The van der Waals surface area contributed by atoms with E-state index in [-0.39, 0.29) is 17.9 Å². The van der Waals surface area contributed by atoms with Gasteiger partial charge in [-0.3, -0.25) is 4.79 Å². The summed E-state index contributed by atoms with van der Waals surface area (Å²) < 4.78 is 5.59. The van der Waals surface area contributed by atoms with Gasteiger partial charge in [-0.05, 0) is 44.4 Å². The molecule has 1 aliphatic rings. The number of carbonyl (C=O) groups excluding carboxylic acids is 2. The van der Waals surface area contributed by atoms with Crippen LogP contribution >= 0.6 is 0 Å². The summed E-state index contributed by atoms with van der Waals surface area (Å²) in [6, 6.07) is 0. The molecule has 1 aliphatic heterocycles. The van der Waals surface area contributed by atoms with E-state index in [4.69, 9.17) is 4.74 Å². The van der Waals surface area contributed by atoms with Gasteiger partial charge in [-0.25, -0.2) is 4.79 Å². The first-order valence-electron chi connectivity index (χ1n) is 8.48. The van der Waals surface area contributed by atoms with Crippen LogP contribution in [0.4, 0.5) is 4.79 Å². The zero-order valence-corrected chi connectivity index (χ0v) is 15.7. The number of piperidine rings is 1. The van der Waals surface area contributed by atoms with Crippen molar-refractivity contribution < 1.29 is 24.2 Å². The van der Waals surface area contributed by atoms with Crippen LogP contribution in [0.3, 0.4) is 0 Å². The summed E-state index contributed by atoms with van der Waals surface area (Å²) in [5.41, 5.74) is -1.37. The third-order valence-corrected chi connectivity index (χ3v) is 5.06. The Hall–Kier alpha value is -1.59. The molecule has 1 saturated heterocycles. The fourth-order valence-corrected chi connectivity index (χ4v) is 3.73. The topological polar surface area (TPSA) is 83.9 Å². The molecule has 1 N–H and O–H groups in total. The van der Waals surface area contributed by atoms with Gasteiger partial charge in [0.1, 0.15) is 11.9 Å². The van der Waals surface area contributed by atoms with Crippen molar-refractivity contribution in [1.82, 2.24) is 4.90 Å². The average molecular weight is 341 g/mol. The number of carbonyl (C=O) groups is 3. The van der Waals surface area contributed by atoms with E-state index < -0.39 is 23.0 Å². The minimum atomic E-state index is -1.03. The Morgan fingerprint density at radius 3 is 2.25 bits per heavy atom. The number of likely N-dealkylation sites (tertiary alicyclic amines) is 1. The van der Waals surface area contributed by atoms with Crippen molar-refractivity contribution >= 4 is 18.3 Å². The molecule has 1 rings (SSSR count). The molecule has 0 radical (unpaired) electrons. The maximum atomic E-state index is 12.9. The highest BCUT2D eigenvalue weighted by atomic mass is 16.6. The van der Waals surface area contributed by atoms with Crippen molar-refractivity contribution in [3.05, 3.63) is 0 Å². The Balaban J connectivity index is 3.27. The summed E-state index contributed by atoms with van der Waals surface area (Å²) in [4.78, 5) is 36.5. The summed E-state index contributed by atoms with van der Waals surface area (Å²) in [7, 11) is 0. The van der Waals surface area contributed by atoms with Gasteiger partial charge in [0.25, 0.3) is 0 Å². The standard InChI is InChI=1S/C18H31NO5/c1-16(2,3)18(8-7-11-20)9-10-19(15(22)23)12-13(18)14(21)24-17(4,5)6/h11,13H,7-10,12H2,1-6H3,(H,22,23). The summed E-state index contributed by atoms with van der Waals surface area (Å²) in [6.45, 7) is 12.0. The number of carboxylic acid groups (broad SMARTS) is 1. The first-order chi connectivity index (χ1) is 10.8. The minimum absolute atomic E-state index is 0.111.